The maximum atomic E-state index is 9.63. The molecule has 0 bridgehead atoms. The quantitative estimate of drug-likeness (QED) is 0.818. The van der Waals surface area contributed by atoms with E-state index in [0.29, 0.717) is 18.8 Å². The summed E-state index contributed by atoms with van der Waals surface area (Å²) in [6, 6.07) is 10.1. The predicted octanol–water partition coefficient (Wildman–Crippen LogP) is 2.91. The molecule has 0 N–H and O–H groups in total. The van der Waals surface area contributed by atoms with Crippen molar-refractivity contribution in [3.05, 3.63) is 41.0 Å². The number of pyridine rings is 1. The third-order valence-electron chi connectivity index (χ3n) is 5.56. The number of hydrogen-bond acceptors (Lipinski definition) is 6. The van der Waals surface area contributed by atoms with Gasteiger partial charge in [-0.05, 0) is 25.5 Å². The summed E-state index contributed by atoms with van der Waals surface area (Å²) in [5, 5.41) is 9.63. The van der Waals surface area contributed by atoms with Crippen LogP contribution in [0.5, 0.6) is 0 Å². The van der Waals surface area contributed by atoms with Gasteiger partial charge in [0.2, 0.25) is 0 Å². The van der Waals surface area contributed by atoms with Crippen LogP contribution in [0.25, 0.3) is 11.3 Å². The average molecular weight is 378 g/mol. The highest BCUT2D eigenvalue weighted by Crippen LogP contribution is 2.38. The second-order valence-corrected chi connectivity index (χ2v) is 7.24. The number of rotatable bonds is 3. The molecule has 0 aliphatic carbocycles. The van der Waals surface area contributed by atoms with Gasteiger partial charge in [0.1, 0.15) is 5.82 Å². The first-order chi connectivity index (χ1) is 13.7. The third kappa shape index (κ3) is 3.44. The molecule has 0 atom stereocenters. The first kappa shape index (κ1) is 18.7. The number of benzene rings is 1. The molecular formula is C22H26N4O2. The van der Waals surface area contributed by atoms with Crippen LogP contribution in [0.2, 0.25) is 0 Å². The van der Waals surface area contributed by atoms with Crippen LogP contribution in [0.15, 0.2) is 24.3 Å². The van der Waals surface area contributed by atoms with E-state index < -0.39 is 0 Å². The van der Waals surface area contributed by atoms with Crippen molar-refractivity contribution >= 4 is 11.5 Å². The SMILES string of the molecule is Cc1c(-c2ccccc2C#N)nc(N2CCOCC2)c(C)c1N1CCOCC1. The van der Waals surface area contributed by atoms with Gasteiger partial charge in [-0.25, -0.2) is 4.98 Å². The maximum Gasteiger partial charge on any atom is 0.134 e. The summed E-state index contributed by atoms with van der Waals surface area (Å²) < 4.78 is 11.1. The Kier molecular flexibility index (Phi) is 5.47. The lowest BCUT2D eigenvalue weighted by atomic mass is 9.97. The molecule has 2 aliphatic rings. The highest BCUT2D eigenvalue weighted by Gasteiger charge is 2.25. The average Bonchev–Trinajstić information content (AvgIpc) is 2.75. The molecule has 2 saturated heterocycles. The van der Waals surface area contributed by atoms with Crippen molar-refractivity contribution in [2.24, 2.45) is 0 Å². The van der Waals surface area contributed by atoms with Crippen LogP contribution in [0.4, 0.5) is 11.5 Å². The van der Waals surface area contributed by atoms with Crippen LogP contribution in [0.3, 0.4) is 0 Å². The van der Waals surface area contributed by atoms with Gasteiger partial charge in [0.25, 0.3) is 0 Å². The van der Waals surface area contributed by atoms with Crippen molar-refractivity contribution in [1.82, 2.24) is 4.98 Å². The summed E-state index contributed by atoms with van der Waals surface area (Å²) in [5.74, 6) is 0.998. The predicted molar refractivity (Wildman–Crippen MR) is 110 cm³/mol. The molecule has 3 heterocycles. The van der Waals surface area contributed by atoms with Gasteiger partial charge < -0.3 is 19.3 Å². The fraction of sp³-hybridized carbons (Fsp3) is 0.455. The number of aromatic nitrogens is 1. The van der Waals surface area contributed by atoms with Gasteiger partial charge in [-0.2, -0.15) is 5.26 Å². The highest BCUT2D eigenvalue weighted by atomic mass is 16.5. The summed E-state index contributed by atoms with van der Waals surface area (Å²) in [7, 11) is 0. The maximum absolute atomic E-state index is 9.63. The lowest BCUT2D eigenvalue weighted by molar-refractivity contribution is 0.122. The Morgan fingerprint density at radius 2 is 1.50 bits per heavy atom. The molecule has 2 aliphatic heterocycles. The summed E-state index contributed by atoms with van der Waals surface area (Å²) in [5.41, 5.74) is 5.99. The molecule has 0 radical (unpaired) electrons. The smallest absolute Gasteiger partial charge is 0.134 e. The van der Waals surface area contributed by atoms with Crippen molar-refractivity contribution in [1.29, 1.82) is 5.26 Å². The Bertz CT molecular complexity index is 894. The molecule has 0 spiro atoms. The van der Waals surface area contributed by atoms with Crippen LogP contribution in [-0.2, 0) is 9.47 Å². The monoisotopic (exact) mass is 378 g/mol. The van der Waals surface area contributed by atoms with Crippen molar-refractivity contribution in [3.63, 3.8) is 0 Å². The van der Waals surface area contributed by atoms with Crippen molar-refractivity contribution < 1.29 is 9.47 Å². The van der Waals surface area contributed by atoms with Crippen LogP contribution in [-0.4, -0.2) is 57.6 Å². The largest absolute Gasteiger partial charge is 0.378 e. The van der Waals surface area contributed by atoms with Gasteiger partial charge in [0, 0.05) is 43.0 Å². The number of nitriles is 1. The van der Waals surface area contributed by atoms with Crippen molar-refractivity contribution in [3.8, 4) is 17.3 Å². The molecule has 0 unspecified atom stereocenters. The van der Waals surface area contributed by atoms with Crippen molar-refractivity contribution in [2.45, 2.75) is 13.8 Å². The fourth-order valence-electron chi connectivity index (χ4n) is 4.17. The van der Waals surface area contributed by atoms with E-state index >= 15 is 0 Å². The van der Waals surface area contributed by atoms with E-state index in [1.165, 1.54) is 11.3 Å². The lowest BCUT2D eigenvalue weighted by Gasteiger charge is -2.35. The molecule has 1 aromatic carbocycles. The van der Waals surface area contributed by atoms with E-state index in [1.807, 2.05) is 24.3 Å². The van der Waals surface area contributed by atoms with Crippen LogP contribution < -0.4 is 9.80 Å². The Balaban J connectivity index is 1.91. The summed E-state index contributed by atoms with van der Waals surface area (Å²) in [4.78, 5) is 9.80. The van der Waals surface area contributed by atoms with Crippen LogP contribution >= 0.6 is 0 Å². The minimum Gasteiger partial charge on any atom is -0.378 e. The van der Waals surface area contributed by atoms with Gasteiger partial charge in [-0.1, -0.05) is 18.2 Å². The molecule has 4 rings (SSSR count). The number of nitrogens with zero attached hydrogens (tertiary/aromatic N) is 4. The van der Waals surface area contributed by atoms with Gasteiger partial charge in [-0.15, -0.1) is 0 Å². The van der Waals surface area contributed by atoms with Gasteiger partial charge in [-0.3, -0.25) is 0 Å². The Labute approximate surface area is 166 Å². The number of anilines is 2. The van der Waals surface area contributed by atoms with Crippen LogP contribution in [0, 0.1) is 25.2 Å². The second-order valence-electron chi connectivity index (χ2n) is 7.24. The minimum atomic E-state index is 0.655. The fourth-order valence-corrected chi connectivity index (χ4v) is 4.17. The summed E-state index contributed by atoms with van der Waals surface area (Å²) in [6.45, 7) is 10.6. The number of morpholine rings is 2. The topological polar surface area (TPSA) is 61.6 Å². The zero-order valence-corrected chi connectivity index (χ0v) is 16.6. The van der Waals surface area contributed by atoms with Gasteiger partial charge >= 0.3 is 0 Å². The third-order valence-corrected chi connectivity index (χ3v) is 5.56. The molecule has 28 heavy (non-hydrogen) atoms. The molecule has 146 valence electrons. The molecule has 2 aromatic rings. The molecule has 6 nitrogen and oxygen atoms in total. The Morgan fingerprint density at radius 3 is 2.14 bits per heavy atom. The van der Waals surface area contributed by atoms with E-state index in [4.69, 9.17) is 14.5 Å². The zero-order valence-electron chi connectivity index (χ0n) is 16.6. The summed E-state index contributed by atoms with van der Waals surface area (Å²) >= 11 is 0. The van der Waals surface area contributed by atoms with Gasteiger partial charge in [0.05, 0.1) is 43.8 Å². The molecule has 1 aromatic heterocycles. The van der Waals surface area contributed by atoms with E-state index in [-0.39, 0.29) is 0 Å². The lowest BCUT2D eigenvalue weighted by Crippen LogP contribution is -2.39. The minimum absolute atomic E-state index is 0.655. The first-order valence-corrected chi connectivity index (χ1v) is 9.86. The number of hydrogen-bond donors (Lipinski definition) is 0. The van der Waals surface area contributed by atoms with E-state index in [9.17, 15) is 5.26 Å². The molecular weight excluding hydrogens is 352 g/mol. The first-order valence-electron chi connectivity index (χ1n) is 9.86. The Hall–Kier alpha value is -2.62. The van der Waals surface area contributed by atoms with Crippen molar-refractivity contribution in [2.75, 3.05) is 62.4 Å². The molecule has 0 saturated carbocycles. The normalized spacial score (nSPS) is 17.5. The zero-order chi connectivity index (χ0) is 19.5. The number of ether oxygens (including phenoxy) is 2. The molecule has 6 heteroatoms. The second kappa shape index (κ2) is 8.17. The van der Waals surface area contributed by atoms with E-state index in [0.717, 1.165) is 62.0 Å². The van der Waals surface area contributed by atoms with E-state index in [1.54, 1.807) is 0 Å². The van der Waals surface area contributed by atoms with Gasteiger partial charge in [0.15, 0.2) is 0 Å². The Morgan fingerprint density at radius 1 is 0.893 bits per heavy atom. The van der Waals surface area contributed by atoms with E-state index in [2.05, 4.69) is 29.7 Å². The standard InChI is InChI=1S/C22H26N4O2/c1-16-20(19-6-4-3-5-18(19)15-23)24-22(26-9-13-28-14-10-26)17(2)21(16)25-7-11-27-12-8-25/h3-6H,7-14H2,1-2H3. The highest BCUT2D eigenvalue weighted by molar-refractivity contribution is 5.80. The molecule has 0 amide bonds. The molecule has 2 fully saturated rings. The summed E-state index contributed by atoms with van der Waals surface area (Å²) in [6.07, 6.45) is 0. The van der Waals surface area contributed by atoms with Crippen LogP contribution in [0.1, 0.15) is 16.7 Å².